The lowest BCUT2D eigenvalue weighted by Gasteiger charge is -2.18. The van der Waals surface area contributed by atoms with E-state index in [0.717, 1.165) is 5.56 Å². The normalized spacial score (nSPS) is 12.4. The molecule has 0 radical (unpaired) electrons. The highest BCUT2D eigenvalue weighted by Gasteiger charge is 2.16. The second-order valence-electron chi connectivity index (χ2n) is 4.32. The zero-order chi connectivity index (χ0) is 13.8. The van der Waals surface area contributed by atoms with Crippen molar-refractivity contribution in [3.05, 3.63) is 68.9 Å². The Bertz CT molecular complexity index is 560. The topological polar surface area (TPSA) is 12.0 Å². The molecule has 0 aliphatic rings. The van der Waals surface area contributed by atoms with Gasteiger partial charge in [0.2, 0.25) is 0 Å². The summed E-state index contributed by atoms with van der Waals surface area (Å²) in [6.45, 7) is 0. The summed E-state index contributed by atoms with van der Waals surface area (Å²) in [6, 6.07) is 13.0. The van der Waals surface area contributed by atoms with E-state index in [-0.39, 0.29) is 11.9 Å². The van der Waals surface area contributed by atoms with Gasteiger partial charge in [-0.25, -0.2) is 4.39 Å². The first kappa shape index (κ1) is 14.5. The molecule has 0 aromatic heterocycles. The third-order valence-corrected chi connectivity index (χ3v) is 4.24. The van der Waals surface area contributed by atoms with Crippen molar-refractivity contribution >= 4 is 27.5 Å². The van der Waals surface area contributed by atoms with Crippen LogP contribution in [0.3, 0.4) is 0 Å². The molecule has 1 nitrogen and oxygen atoms in total. The summed E-state index contributed by atoms with van der Waals surface area (Å²) in [4.78, 5) is 0. The molecule has 19 heavy (non-hydrogen) atoms. The fourth-order valence-electron chi connectivity index (χ4n) is 2.02. The van der Waals surface area contributed by atoms with Crippen LogP contribution >= 0.6 is 27.5 Å². The first-order chi connectivity index (χ1) is 9.11. The standard InChI is InChI=1S/C15H14BrClFN/c1-19-15(7-10-5-3-2-4-6-10)11-8-13(17)12(16)9-14(11)18/h2-6,8-9,15,19H,7H2,1H3. The van der Waals surface area contributed by atoms with Gasteiger partial charge in [-0.3, -0.25) is 0 Å². The molecule has 1 unspecified atom stereocenters. The van der Waals surface area contributed by atoms with E-state index in [2.05, 4.69) is 21.2 Å². The molecule has 4 heteroatoms. The Balaban J connectivity index is 2.30. The lowest BCUT2D eigenvalue weighted by molar-refractivity contribution is 0.533. The summed E-state index contributed by atoms with van der Waals surface area (Å²) in [5.41, 5.74) is 1.74. The van der Waals surface area contributed by atoms with E-state index in [4.69, 9.17) is 11.6 Å². The van der Waals surface area contributed by atoms with E-state index in [1.165, 1.54) is 6.07 Å². The molecular formula is C15H14BrClFN. The van der Waals surface area contributed by atoms with Gasteiger partial charge in [0, 0.05) is 16.1 Å². The van der Waals surface area contributed by atoms with Gasteiger partial charge in [-0.1, -0.05) is 41.9 Å². The van der Waals surface area contributed by atoms with Crippen molar-refractivity contribution < 1.29 is 4.39 Å². The molecule has 1 N–H and O–H groups in total. The van der Waals surface area contributed by atoms with Crippen molar-refractivity contribution in [2.75, 3.05) is 7.05 Å². The van der Waals surface area contributed by atoms with Crippen molar-refractivity contribution in [3.8, 4) is 0 Å². The first-order valence-electron chi connectivity index (χ1n) is 5.97. The smallest absolute Gasteiger partial charge is 0.129 e. The average Bonchev–Trinajstić information content (AvgIpc) is 2.42. The van der Waals surface area contributed by atoms with E-state index in [9.17, 15) is 4.39 Å². The van der Waals surface area contributed by atoms with Gasteiger partial charge in [-0.2, -0.15) is 0 Å². The quantitative estimate of drug-likeness (QED) is 0.791. The first-order valence-corrected chi connectivity index (χ1v) is 7.14. The zero-order valence-corrected chi connectivity index (χ0v) is 12.8. The van der Waals surface area contributed by atoms with Crippen molar-refractivity contribution in [3.63, 3.8) is 0 Å². The zero-order valence-electron chi connectivity index (χ0n) is 10.5. The molecule has 2 aromatic rings. The number of benzene rings is 2. The number of likely N-dealkylation sites (N-methyl/N-ethyl adjacent to an activating group) is 1. The fraction of sp³-hybridized carbons (Fsp3) is 0.200. The molecule has 0 fully saturated rings. The minimum absolute atomic E-state index is 0.104. The number of hydrogen-bond acceptors (Lipinski definition) is 1. The summed E-state index contributed by atoms with van der Waals surface area (Å²) in [5, 5.41) is 3.66. The summed E-state index contributed by atoms with van der Waals surface area (Å²) in [6.07, 6.45) is 0.715. The molecule has 0 bridgehead atoms. The minimum atomic E-state index is -0.258. The molecule has 2 rings (SSSR count). The molecule has 0 saturated heterocycles. The van der Waals surface area contributed by atoms with Crippen LogP contribution in [0.25, 0.3) is 0 Å². The molecule has 1 atom stereocenters. The van der Waals surface area contributed by atoms with E-state index < -0.39 is 0 Å². The molecule has 100 valence electrons. The van der Waals surface area contributed by atoms with Crippen LogP contribution in [0.5, 0.6) is 0 Å². The van der Waals surface area contributed by atoms with Gasteiger partial charge in [0.1, 0.15) is 5.82 Å². The molecule has 0 amide bonds. The Morgan fingerprint density at radius 2 is 1.95 bits per heavy atom. The fourth-order valence-corrected chi connectivity index (χ4v) is 2.51. The second-order valence-corrected chi connectivity index (χ2v) is 5.58. The van der Waals surface area contributed by atoms with E-state index in [0.29, 0.717) is 21.5 Å². The maximum atomic E-state index is 14.0. The third-order valence-electron chi connectivity index (χ3n) is 3.05. The molecule has 0 aliphatic carbocycles. The summed E-state index contributed by atoms with van der Waals surface area (Å²) >= 11 is 9.27. The highest BCUT2D eigenvalue weighted by molar-refractivity contribution is 9.10. The van der Waals surface area contributed by atoms with E-state index in [1.807, 2.05) is 37.4 Å². The van der Waals surface area contributed by atoms with Crippen LogP contribution in [0.15, 0.2) is 46.9 Å². The minimum Gasteiger partial charge on any atom is -0.313 e. The predicted octanol–water partition coefficient (Wildman–Crippen LogP) is 4.74. The average molecular weight is 343 g/mol. The van der Waals surface area contributed by atoms with Gasteiger partial charge in [-0.15, -0.1) is 0 Å². The molecule has 2 aromatic carbocycles. The number of halogens is 3. The van der Waals surface area contributed by atoms with Gasteiger partial charge >= 0.3 is 0 Å². The highest BCUT2D eigenvalue weighted by Crippen LogP contribution is 2.30. The van der Waals surface area contributed by atoms with E-state index >= 15 is 0 Å². The van der Waals surface area contributed by atoms with Crippen molar-refractivity contribution in [1.29, 1.82) is 0 Å². The lowest BCUT2D eigenvalue weighted by atomic mass is 9.98. The predicted molar refractivity (Wildman–Crippen MR) is 81.1 cm³/mol. The monoisotopic (exact) mass is 341 g/mol. The third kappa shape index (κ3) is 3.56. The largest absolute Gasteiger partial charge is 0.313 e. The molecule has 0 spiro atoms. The highest BCUT2D eigenvalue weighted by atomic mass is 79.9. The van der Waals surface area contributed by atoms with Crippen LogP contribution in [0, 0.1) is 5.82 Å². The number of hydrogen-bond donors (Lipinski definition) is 1. The lowest BCUT2D eigenvalue weighted by Crippen LogP contribution is -2.20. The van der Waals surface area contributed by atoms with Crippen molar-refractivity contribution in [2.24, 2.45) is 0 Å². The number of rotatable bonds is 4. The van der Waals surface area contributed by atoms with Crippen LogP contribution < -0.4 is 5.32 Å². The summed E-state index contributed by atoms with van der Waals surface area (Å²) in [7, 11) is 1.82. The van der Waals surface area contributed by atoms with Gasteiger partial charge in [0.15, 0.2) is 0 Å². The van der Waals surface area contributed by atoms with Crippen LogP contribution in [0.1, 0.15) is 17.2 Å². The van der Waals surface area contributed by atoms with Crippen LogP contribution in [0.2, 0.25) is 5.02 Å². The van der Waals surface area contributed by atoms with Gasteiger partial charge in [-0.05, 0) is 47.1 Å². The van der Waals surface area contributed by atoms with Gasteiger partial charge in [0.25, 0.3) is 0 Å². The summed E-state index contributed by atoms with van der Waals surface area (Å²) < 4.78 is 14.6. The van der Waals surface area contributed by atoms with Gasteiger partial charge in [0.05, 0.1) is 5.02 Å². The Hall–Kier alpha value is -0.900. The molecular weight excluding hydrogens is 329 g/mol. The second kappa shape index (κ2) is 6.51. The molecule has 0 aliphatic heterocycles. The molecule has 0 heterocycles. The van der Waals surface area contributed by atoms with Crippen molar-refractivity contribution in [1.82, 2.24) is 5.32 Å². The maximum Gasteiger partial charge on any atom is 0.129 e. The Morgan fingerprint density at radius 1 is 1.26 bits per heavy atom. The Morgan fingerprint density at radius 3 is 2.58 bits per heavy atom. The SMILES string of the molecule is CNC(Cc1ccccc1)c1cc(Cl)c(Br)cc1F. The summed E-state index contributed by atoms with van der Waals surface area (Å²) in [5.74, 6) is -0.258. The van der Waals surface area contributed by atoms with E-state index in [1.54, 1.807) is 6.07 Å². The van der Waals surface area contributed by atoms with Crippen molar-refractivity contribution in [2.45, 2.75) is 12.5 Å². The molecule has 0 saturated carbocycles. The number of nitrogens with one attached hydrogen (secondary N) is 1. The van der Waals surface area contributed by atoms with Crippen LogP contribution in [-0.2, 0) is 6.42 Å². The Labute approximate surface area is 125 Å². The Kier molecular flexibility index (Phi) is 4.97. The van der Waals surface area contributed by atoms with Crippen LogP contribution in [0.4, 0.5) is 4.39 Å². The maximum absolute atomic E-state index is 14.0. The van der Waals surface area contributed by atoms with Crippen LogP contribution in [-0.4, -0.2) is 7.05 Å². The van der Waals surface area contributed by atoms with Gasteiger partial charge < -0.3 is 5.32 Å².